The molecule has 3 N–H and O–H groups in total. The molecule has 18 heavy (non-hydrogen) atoms. The Morgan fingerprint density at radius 2 is 2.06 bits per heavy atom. The molecule has 1 atom stereocenters. The summed E-state index contributed by atoms with van der Waals surface area (Å²) in [6.45, 7) is 3.71. The van der Waals surface area contributed by atoms with E-state index in [1.807, 2.05) is 37.3 Å². The Labute approximate surface area is 106 Å². The molecule has 0 aliphatic carbocycles. The Kier molecular flexibility index (Phi) is 3.53. The van der Waals surface area contributed by atoms with Gasteiger partial charge < -0.3 is 15.6 Å². The third-order valence-electron chi connectivity index (χ3n) is 2.59. The lowest BCUT2D eigenvalue weighted by Crippen LogP contribution is -2.13. The molecule has 0 aliphatic rings. The van der Waals surface area contributed by atoms with Gasteiger partial charge in [0.2, 0.25) is 5.88 Å². The first kappa shape index (κ1) is 12.4. The van der Waals surface area contributed by atoms with Crippen LogP contribution in [0.5, 0.6) is 5.88 Å². The van der Waals surface area contributed by atoms with Crippen LogP contribution in [0.1, 0.15) is 12.5 Å². The van der Waals surface area contributed by atoms with E-state index in [-0.39, 0.29) is 6.61 Å². The highest BCUT2D eigenvalue weighted by Gasteiger charge is 2.14. The number of hydrogen-bond donors (Lipinski definition) is 2. The van der Waals surface area contributed by atoms with Gasteiger partial charge in [-0.1, -0.05) is 18.2 Å². The number of aliphatic hydroxyl groups is 1. The Morgan fingerprint density at radius 3 is 2.67 bits per heavy atom. The fraction of sp³-hybridized carbons (Fsp3) is 0.308. The first-order chi connectivity index (χ1) is 8.59. The van der Waals surface area contributed by atoms with Gasteiger partial charge in [0.1, 0.15) is 12.4 Å². The average molecular weight is 247 g/mol. The molecule has 0 saturated carbocycles. The molecular weight excluding hydrogens is 230 g/mol. The van der Waals surface area contributed by atoms with Crippen LogP contribution < -0.4 is 10.5 Å². The second-order valence-corrected chi connectivity index (χ2v) is 4.22. The zero-order valence-electron chi connectivity index (χ0n) is 10.5. The highest BCUT2D eigenvalue weighted by molar-refractivity contribution is 5.51. The number of ether oxygens (including phenoxy) is 1. The lowest BCUT2D eigenvalue weighted by molar-refractivity contribution is 0.119. The summed E-state index contributed by atoms with van der Waals surface area (Å²) in [6, 6.07) is 9.60. The molecule has 0 amide bonds. The van der Waals surface area contributed by atoms with Crippen LogP contribution in [-0.2, 0) is 0 Å². The van der Waals surface area contributed by atoms with Gasteiger partial charge in [0.25, 0.3) is 0 Å². The minimum Gasteiger partial charge on any atom is -0.474 e. The molecule has 0 unspecified atom stereocenters. The monoisotopic (exact) mass is 247 g/mol. The molecule has 2 rings (SSSR count). The van der Waals surface area contributed by atoms with Crippen molar-refractivity contribution in [3.63, 3.8) is 0 Å². The number of rotatable bonds is 4. The fourth-order valence-corrected chi connectivity index (χ4v) is 1.59. The van der Waals surface area contributed by atoms with E-state index in [0.29, 0.717) is 11.7 Å². The molecule has 1 aromatic carbocycles. The standard InChI is InChI=1S/C13H17N3O2/c1-9(17)8-18-13-10(2)12(14)16(15-13)11-6-4-3-5-7-11/h3-7,9,17H,8,14H2,1-2H3/t9-/m0/s1. The van der Waals surface area contributed by atoms with Gasteiger partial charge >= 0.3 is 0 Å². The van der Waals surface area contributed by atoms with E-state index in [9.17, 15) is 5.11 Å². The molecule has 1 aromatic heterocycles. The first-order valence-electron chi connectivity index (χ1n) is 5.81. The number of nitrogens with two attached hydrogens (primary N) is 1. The second-order valence-electron chi connectivity index (χ2n) is 4.22. The minimum atomic E-state index is -0.535. The van der Waals surface area contributed by atoms with Crippen molar-refractivity contribution in [1.29, 1.82) is 0 Å². The summed E-state index contributed by atoms with van der Waals surface area (Å²) < 4.78 is 7.05. The van der Waals surface area contributed by atoms with E-state index in [1.165, 1.54) is 0 Å². The first-order valence-corrected chi connectivity index (χ1v) is 5.81. The summed E-state index contributed by atoms with van der Waals surface area (Å²) >= 11 is 0. The summed E-state index contributed by atoms with van der Waals surface area (Å²) in [5.74, 6) is 0.999. The minimum absolute atomic E-state index is 0.200. The van der Waals surface area contributed by atoms with Crippen LogP contribution >= 0.6 is 0 Å². The van der Waals surface area contributed by atoms with Gasteiger partial charge in [0.05, 0.1) is 17.4 Å². The fourth-order valence-electron chi connectivity index (χ4n) is 1.59. The number of hydrogen-bond acceptors (Lipinski definition) is 4. The third kappa shape index (κ3) is 2.46. The number of benzene rings is 1. The molecule has 5 heteroatoms. The smallest absolute Gasteiger partial charge is 0.238 e. The van der Waals surface area contributed by atoms with Gasteiger partial charge in [-0.25, -0.2) is 4.68 Å². The van der Waals surface area contributed by atoms with E-state index in [0.717, 1.165) is 11.3 Å². The Hall–Kier alpha value is -2.01. The van der Waals surface area contributed by atoms with Crippen molar-refractivity contribution in [2.45, 2.75) is 20.0 Å². The summed E-state index contributed by atoms with van der Waals surface area (Å²) in [5, 5.41) is 13.5. The maximum atomic E-state index is 9.21. The maximum absolute atomic E-state index is 9.21. The highest BCUT2D eigenvalue weighted by atomic mass is 16.5. The summed E-state index contributed by atoms with van der Waals surface area (Å²) in [7, 11) is 0. The molecule has 0 aliphatic heterocycles. The number of para-hydroxylation sites is 1. The molecule has 2 aromatic rings. The van der Waals surface area contributed by atoms with E-state index in [4.69, 9.17) is 10.5 Å². The van der Waals surface area contributed by atoms with Gasteiger partial charge in [-0.05, 0) is 26.0 Å². The van der Waals surface area contributed by atoms with Crippen LogP contribution in [0.2, 0.25) is 0 Å². The van der Waals surface area contributed by atoms with Crippen LogP contribution in [-0.4, -0.2) is 27.6 Å². The molecule has 0 radical (unpaired) electrons. The van der Waals surface area contributed by atoms with E-state index >= 15 is 0 Å². The molecule has 96 valence electrons. The Balaban J connectivity index is 2.31. The normalized spacial score (nSPS) is 12.4. The summed E-state index contributed by atoms with van der Waals surface area (Å²) in [4.78, 5) is 0. The zero-order valence-corrected chi connectivity index (χ0v) is 10.5. The lowest BCUT2D eigenvalue weighted by Gasteiger charge is -2.05. The molecule has 0 fully saturated rings. The predicted octanol–water partition coefficient (Wildman–Crippen LogP) is 1.52. The van der Waals surface area contributed by atoms with Gasteiger partial charge in [-0.15, -0.1) is 5.10 Å². The van der Waals surface area contributed by atoms with Crippen molar-refractivity contribution in [1.82, 2.24) is 9.78 Å². The SMILES string of the molecule is Cc1c(OC[C@H](C)O)nn(-c2ccccc2)c1N. The molecular formula is C13H17N3O2. The van der Waals surface area contributed by atoms with Gasteiger partial charge in [0, 0.05) is 0 Å². The van der Waals surface area contributed by atoms with Crippen molar-refractivity contribution in [3.05, 3.63) is 35.9 Å². The number of aliphatic hydroxyl groups excluding tert-OH is 1. The van der Waals surface area contributed by atoms with E-state index < -0.39 is 6.10 Å². The second kappa shape index (κ2) is 5.10. The van der Waals surface area contributed by atoms with Crippen molar-refractivity contribution >= 4 is 5.82 Å². The van der Waals surface area contributed by atoms with Gasteiger partial charge in [-0.2, -0.15) is 0 Å². The highest BCUT2D eigenvalue weighted by Crippen LogP contribution is 2.25. The van der Waals surface area contributed by atoms with Crippen molar-refractivity contribution < 1.29 is 9.84 Å². The van der Waals surface area contributed by atoms with Crippen LogP contribution in [0.25, 0.3) is 5.69 Å². The van der Waals surface area contributed by atoms with E-state index in [2.05, 4.69) is 5.10 Å². The molecule has 1 heterocycles. The largest absolute Gasteiger partial charge is 0.474 e. The number of nitrogen functional groups attached to an aromatic ring is 1. The van der Waals surface area contributed by atoms with Crippen LogP contribution in [0, 0.1) is 6.92 Å². The molecule has 5 nitrogen and oxygen atoms in total. The predicted molar refractivity (Wildman–Crippen MR) is 69.9 cm³/mol. The van der Waals surface area contributed by atoms with Crippen molar-refractivity contribution in [2.75, 3.05) is 12.3 Å². The zero-order chi connectivity index (χ0) is 13.1. The topological polar surface area (TPSA) is 73.3 Å². The Morgan fingerprint density at radius 1 is 1.39 bits per heavy atom. The van der Waals surface area contributed by atoms with Gasteiger partial charge in [-0.3, -0.25) is 0 Å². The van der Waals surface area contributed by atoms with Crippen molar-refractivity contribution in [3.8, 4) is 11.6 Å². The number of aromatic nitrogens is 2. The van der Waals surface area contributed by atoms with Gasteiger partial charge in [0.15, 0.2) is 0 Å². The summed E-state index contributed by atoms with van der Waals surface area (Å²) in [6.07, 6.45) is -0.535. The van der Waals surface area contributed by atoms with Crippen LogP contribution in [0.15, 0.2) is 30.3 Å². The quantitative estimate of drug-likeness (QED) is 0.859. The number of anilines is 1. The van der Waals surface area contributed by atoms with Crippen molar-refractivity contribution in [2.24, 2.45) is 0 Å². The average Bonchev–Trinajstić information content (AvgIpc) is 2.65. The number of nitrogens with zero attached hydrogens (tertiary/aromatic N) is 2. The van der Waals surface area contributed by atoms with Crippen LogP contribution in [0.3, 0.4) is 0 Å². The molecule has 0 spiro atoms. The maximum Gasteiger partial charge on any atom is 0.238 e. The molecule has 0 saturated heterocycles. The van der Waals surface area contributed by atoms with E-state index in [1.54, 1.807) is 11.6 Å². The third-order valence-corrected chi connectivity index (χ3v) is 2.59. The Bertz CT molecular complexity index is 521. The molecule has 0 bridgehead atoms. The summed E-state index contributed by atoms with van der Waals surface area (Å²) in [5.41, 5.74) is 7.66. The lowest BCUT2D eigenvalue weighted by atomic mass is 10.3. The van der Waals surface area contributed by atoms with Crippen LogP contribution in [0.4, 0.5) is 5.82 Å².